The van der Waals surface area contributed by atoms with E-state index >= 15 is 0 Å². The highest BCUT2D eigenvalue weighted by atomic mass is 127. The number of aryl methyl sites for hydroxylation is 2. The molecule has 2 atom stereocenters. The van der Waals surface area contributed by atoms with Gasteiger partial charge in [-0.25, -0.2) is 43.5 Å². The number of aromatic nitrogens is 6. The summed E-state index contributed by atoms with van der Waals surface area (Å²) in [5.41, 5.74) is 13.6. The number of nitrogens with zero attached hydrogens (tertiary/aromatic N) is 6. The Kier molecular flexibility index (Phi) is 21.2. The highest BCUT2D eigenvalue weighted by Gasteiger charge is 2.33. The number of carbonyl (C=O) groups is 6. The molecule has 0 bridgehead atoms. The molecule has 11 aromatic rings. The van der Waals surface area contributed by atoms with Crippen LogP contribution in [-0.4, -0.2) is 124 Å². The Morgan fingerprint density at radius 3 is 1.38 bits per heavy atom. The highest BCUT2D eigenvalue weighted by molar-refractivity contribution is 14.1. The monoisotopic (exact) mass is 1480 g/mol. The summed E-state index contributed by atoms with van der Waals surface area (Å²) in [6.07, 6.45) is 9.23. The van der Waals surface area contributed by atoms with Crippen LogP contribution in [0.3, 0.4) is 0 Å². The Balaban J connectivity index is 0.000000194. The van der Waals surface area contributed by atoms with Crippen molar-refractivity contribution < 1.29 is 61.2 Å². The van der Waals surface area contributed by atoms with Crippen LogP contribution in [0.4, 0.5) is 41.4 Å². The zero-order valence-corrected chi connectivity index (χ0v) is 57.3. The van der Waals surface area contributed by atoms with Gasteiger partial charge in [-0.3, -0.25) is 18.4 Å². The second-order valence-electron chi connectivity index (χ2n) is 23.3. The van der Waals surface area contributed by atoms with Crippen LogP contribution in [0.5, 0.6) is 5.75 Å². The Morgan fingerprint density at radius 1 is 0.515 bits per heavy atom. The minimum atomic E-state index is -1.22. The number of halogens is 3. The smallest absolute Gasteiger partial charge is 0.407 e. The molecule has 101 heavy (non-hydrogen) atoms. The third-order valence-corrected chi connectivity index (χ3v) is 18.3. The number of anilines is 4. The number of benzene rings is 7. The van der Waals surface area contributed by atoms with Crippen molar-refractivity contribution in [2.45, 2.75) is 50.6 Å². The number of rotatable bonds is 22. The standard InChI is InChI=1S/C41H36F2N6O6.C34H31IN6O5/c1-4-23-19-24(47-37-38-45-21-33(49(38)18-17-44-37)30-15-16-34(53-2)36(43)35(30)42)13-14-25(23)39(50)46-20-32(40(51)54-3)48-41(52)55-22-31-28-11-7-5-9-26(28)27-10-6-8-12-29(27)31;1-3-20-16-21(39-30-31-37-18-29(35)41(31)15-14-36-30)12-13-22(20)32(42)38-17-28(33(43)45-2)40-34(44)46-19-27-25-10-6-4-8-23(25)24-9-5-7-11-26(24)27/h5-19,21,31-32H,4,20,22H2,1-3H3,(H,44,47)(H,46,50)(H,48,52);4-16,18,27-28H,3,17,19H2,1-2H3,(H,36,39)(H,38,42)(H,40,44)/t32-;28-/m00/s1. The van der Waals surface area contributed by atoms with Crippen molar-refractivity contribution >= 4 is 92.8 Å². The number of alkyl carbamates (subject to hydrolysis) is 2. The molecule has 13 rings (SSSR count). The Morgan fingerprint density at radius 2 is 0.941 bits per heavy atom. The lowest BCUT2D eigenvalue weighted by Crippen LogP contribution is -2.49. The van der Waals surface area contributed by atoms with Gasteiger partial charge in [0, 0.05) is 77.8 Å². The van der Waals surface area contributed by atoms with Crippen LogP contribution >= 0.6 is 22.6 Å². The summed E-state index contributed by atoms with van der Waals surface area (Å²) >= 11 is 2.20. The predicted octanol–water partition coefficient (Wildman–Crippen LogP) is 12.2. The molecule has 0 radical (unpaired) electrons. The Labute approximate surface area is 591 Å². The zero-order chi connectivity index (χ0) is 70.8. The van der Waals surface area contributed by atoms with Crippen LogP contribution < -0.4 is 36.6 Å². The lowest BCUT2D eigenvalue weighted by molar-refractivity contribution is -0.143. The van der Waals surface area contributed by atoms with Gasteiger partial charge in [0.15, 0.2) is 34.5 Å². The molecular weight excluding hydrogens is 1410 g/mol. The molecule has 2 aliphatic carbocycles. The van der Waals surface area contributed by atoms with E-state index in [1.54, 1.807) is 53.3 Å². The van der Waals surface area contributed by atoms with E-state index in [9.17, 15) is 37.5 Å². The molecule has 2 aliphatic rings. The lowest BCUT2D eigenvalue weighted by Gasteiger charge is -2.19. The Hall–Kier alpha value is -11.8. The molecule has 26 heteroatoms. The van der Waals surface area contributed by atoms with Gasteiger partial charge in [0.1, 0.15) is 29.0 Å². The van der Waals surface area contributed by atoms with Crippen molar-refractivity contribution in [3.8, 4) is 39.3 Å². The van der Waals surface area contributed by atoms with Gasteiger partial charge in [-0.1, -0.05) is 111 Å². The molecule has 0 unspecified atom stereocenters. The summed E-state index contributed by atoms with van der Waals surface area (Å²) in [7, 11) is 3.67. The van der Waals surface area contributed by atoms with E-state index in [0.717, 1.165) is 59.5 Å². The molecular formula is C75H67F2IN12O11. The van der Waals surface area contributed by atoms with Gasteiger partial charge >= 0.3 is 24.1 Å². The summed E-state index contributed by atoms with van der Waals surface area (Å²) in [5.74, 6) is -4.10. The molecule has 0 spiro atoms. The second kappa shape index (κ2) is 30.9. The van der Waals surface area contributed by atoms with E-state index in [2.05, 4.69) is 86.6 Å². The quantitative estimate of drug-likeness (QED) is 0.0209. The van der Waals surface area contributed by atoms with Crippen LogP contribution in [0, 0.1) is 15.3 Å². The molecule has 4 heterocycles. The largest absolute Gasteiger partial charge is 0.494 e. The summed E-state index contributed by atoms with van der Waals surface area (Å²) in [6.45, 7) is 3.52. The van der Waals surface area contributed by atoms with E-state index in [1.165, 1.54) is 45.9 Å². The molecule has 6 N–H and O–H groups in total. The molecule has 4 aromatic heterocycles. The van der Waals surface area contributed by atoms with E-state index in [4.69, 9.17) is 23.7 Å². The van der Waals surface area contributed by atoms with E-state index in [0.29, 0.717) is 63.8 Å². The van der Waals surface area contributed by atoms with Crippen LogP contribution in [0.15, 0.2) is 183 Å². The van der Waals surface area contributed by atoms with Crippen LogP contribution in [0.1, 0.15) is 79.8 Å². The van der Waals surface area contributed by atoms with Crippen LogP contribution in [-0.2, 0) is 41.4 Å². The average Bonchev–Trinajstić information content (AvgIpc) is 1.72. The maximum atomic E-state index is 14.9. The number of amides is 4. The molecule has 514 valence electrons. The van der Waals surface area contributed by atoms with Crippen molar-refractivity contribution in [1.29, 1.82) is 0 Å². The first-order chi connectivity index (χ1) is 49.1. The Bertz CT molecular complexity index is 4900. The number of fused-ring (bicyclic) bond motifs is 8. The summed E-state index contributed by atoms with van der Waals surface area (Å²) in [4.78, 5) is 95.3. The minimum absolute atomic E-state index is 0.00509. The number of hydrogen-bond donors (Lipinski definition) is 6. The number of esters is 2. The van der Waals surface area contributed by atoms with Crippen molar-refractivity contribution in [3.05, 3.63) is 243 Å². The van der Waals surface area contributed by atoms with E-state index in [1.807, 2.05) is 115 Å². The first kappa shape index (κ1) is 69.1. The topological polar surface area (TPSA) is 281 Å². The number of methoxy groups -OCH3 is 3. The average molecular weight is 1480 g/mol. The number of ether oxygens (including phenoxy) is 5. The van der Waals surface area contributed by atoms with Gasteiger partial charge in [0.05, 0.1) is 39.4 Å². The SMILES string of the molecule is CCc1cc(Nc2nccn3c(-c4ccc(OC)c(F)c4F)cnc23)ccc1C(=O)NC[C@H](NC(=O)OCC1c2ccccc2-c2ccccc21)C(=O)OC.CCc1cc(Nc2nccn3c(I)cnc23)ccc1C(=O)NC[C@H](NC(=O)OCC1c2ccccc2-c2ccccc21)C(=O)OC. The van der Waals surface area contributed by atoms with Gasteiger partial charge in [-0.05, 0) is 140 Å². The van der Waals surface area contributed by atoms with Crippen LogP contribution in [0.2, 0.25) is 0 Å². The van der Waals surface area contributed by atoms with Gasteiger partial charge in [-0.15, -0.1) is 0 Å². The molecule has 0 saturated heterocycles. The number of hydrogen-bond acceptors (Lipinski definition) is 17. The molecule has 0 saturated carbocycles. The third-order valence-electron chi connectivity index (χ3n) is 17.5. The lowest BCUT2D eigenvalue weighted by atomic mass is 9.98. The number of carbonyl (C=O) groups excluding carboxylic acids is 6. The fourth-order valence-electron chi connectivity index (χ4n) is 12.5. The molecule has 23 nitrogen and oxygen atoms in total. The van der Waals surface area contributed by atoms with Crippen LogP contribution in [0.25, 0.3) is 44.8 Å². The van der Waals surface area contributed by atoms with Gasteiger partial charge < -0.3 is 55.6 Å². The second-order valence-corrected chi connectivity index (χ2v) is 24.4. The molecule has 0 fully saturated rings. The van der Waals surface area contributed by atoms with Gasteiger partial charge in [0.2, 0.25) is 5.82 Å². The normalized spacial score (nSPS) is 12.5. The van der Waals surface area contributed by atoms with E-state index in [-0.39, 0.29) is 49.5 Å². The summed E-state index contributed by atoms with van der Waals surface area (Å²) < 4.78 is 59.8. The first-order valence-corrected chi connectivity index (χ1v) is 33.2. The summed E-state index contributed by atoms with van der Waals surface area (Å²) in [6, 6.07) is 42.7. The maximum absolute atomic E-state index is 14.9. The molecule has 7 aromatic carbocycles. The molecule has 0 aliphatic heterocycles. The van der Waals surface area contributed by atoms with E-state index < -0.39 is 59.7 Å². The van der Waals surface area contributed by atoms with Gasteiger partial charge in [-0.2, -0.15) is 4.39 Å². The fourth-order valence-corrected chi connectivity index (χ4v) is 13.1. The number of nitrogens with one attached hydrogen (secondary N) is 6. The minimum Gasteiger partial charge on any atom is -0.494 e. The molecule has 4 amide bonds. The van der Waals surface area contributed by atoms with Gasteiger partial charge in [0.25, 0.3) is 11.8 Å². The first-order valence-electron chi connectivity index (χ1n) is 32.2. The predicted molar refractivity (Wildman–Crippen MR) is 381 cm³/mol. The third kappa shape index (κ3) is 14.7. The van der Waals surface area contributed by atoms with Crippen molar-refractivity contribution in [3.63, 3.8) is 0 Å². The van der Waals surface area contributed by atoms with Crippen molar-refractivity contribution in [2.75, 3.05) is 58.3 Å². The van der Waals surface area contributed by atoms with Crippen molar-refractivity contribution in [2.24, 2.45) is 0 Å². The summed E-state index contributed by atoms with van der Waals surface area (Å²) in [5, 5.41) is 17.0. The number of imidazole rings is 2. The fraction of sp³-hybridized carbons (Fsp3) is 0.200. The maximum Gasteiger partial charge on any atom is 0.407 e. The highest BCUT2D eigenvalue weighted by Crippen LogP contribution is 2.46. The zero-order valence-electron chi connectivity index (χ0n) is 55.2. The van der Waals surface area contributed by atoms with Crippen molar-refractivity contribution in [1.82, 2.24) is 50.0 Å².